The Kier molecular flexibility index (Phi) is 5.85. The first-order valence-corrected chi connectivity index (χ1v) is 11.8. The SMILES string of the molecule is CN(C)c1ncc(-c2cncc(Oc3ccc4nc(NC5CCCCC5)sc4c3)c2)cn1. The number of hydrogen-bond donors (Lipinski definition) is 1. The topological polar surface area (TPSA) is 76.1 Å². The van der Waals surface area contributed by atoms with Crippen LogP contribution in [0.4, 0.5) is 11.1 Å². The number of aromatic nitrogens is 4. The lowest BCUT2D eigenvalue weighted by atomic mass is 9.96. The number of rotatable bonds is 6. The number of hydrogen-bond acceptors (Lipinski definition) is 8. The Morgan fingerprint density at radius 1 is 0.938 bits per heavy atom. The highest BCUT2D eigenvalue weighted by atomic mass is 32.1. The molecule has 1 aliphatic rings. The van der Waals surface area contributed by atoms with E-state index in [0.29, 0.717) is 17.7 Å². The second-order valence-corrected chi connectivity index (χ2v) is 9.34. The number of anilines is 2. The van der Waals surface area contributed by atoms with Gasteiger partial charge in [0, 0.05) is 55.9 Å². The van der Waals surface area contributed by atoms with Gasteiger partial charge in [0.2, 0.25) is 5.95 Å². The zero-order chi connectivity index (χ0) is 21.9. The summed E-state index contributed by atoms with van der Waals surface area (Å²) in [5, 5.41) is 4.61. The van der Waals surface area contributed by atoms with E-state index >= 15 is 0 Å². The van der Waals surface area contributed by atoms with Gasteiger partial charge in [-0.25, -0.2) is 15.0 Å². The molecule has 1 aliphatic carbocycles. The fourth-order valence-electron chi connectivity index (χ4n) is 3.92. The summed E-state index contributed by atoms with van der Waals surface area (Å²) >= 11 is 1.68. The second kappa shape index (κ2) is 9.08. The van der Waals surface area contributed by atoms with Gasteiger partial charge in [0.15, 0.2) is 5.13 Å². The summed E-state index contributed by atoms with van der Waals surface area (Å²) in [6.45, 7) is 0. The molecule has 4 aromatic rings. The molecule has 7 nitrogen and oxygen atoms in total. The molecule has 32 heavy (non-hydrogen) atoms. The average molecular weight is 447 g/mol. The van der Waals surface area contributed by atoms with E-state index < -0.39 is 0 Å². The minimum atomic E-state index is 0.546. The molecule has 8 heteroatoms. The van der Waals surface area contributed by atoms with Gasteiger partial charge < -0.3 is 15.0 Å². The van der Waals surface area contributed by atoms with E-state index in [1.807, 2.05) is 43.3 Å². The number of fused-ring (bicyclic) bond motifs is 1. The zero-order valence-corrected chi connectivity index (χ0v) is 19.1. The average Bonchev–Trinajstić information content (AvgIpc) is 3.21. The van der Waals surface area contributed by atoms with E-state index in [1.54, 1.807) is 36.1 Å². The standard InChI is InChI=1S/C24H26N6OS/c1-30(2)23-26-13-17(14-27-23)16-10-20(15-25-12-16)31-19-8-9-21-22(11-19)32-24(29-21)28-18-6-4-3-5-7-18/h8-15,18H,3-7H2,1-2H3,(H,28,29). The maximum absolute atomic E-state index is 6.12. The van der Waals surface area contributed by atoms with Gasteiger partial charge in [-0.05, 0) is 31.0 Å². The predicted octanol–water partition coefficient (Wildman–Crippen LogP) is 5.75. The molecule has 164 valence electrons. The Bertz CT molecular complexity index is 1200. The van der Waals surface area contributed by atoms with E-state index in [2.05, 4.69) is 20.3 Å². The first kappa shape index (κ1) is 20.6. The maximum atomic E-state index is 6.12. The molecule has 0 bridgehead atoms. The van der Waals surface area contributed by atoms with E-state index in [9.17, 15) is 0 Å². The number of ether oxygens (including phenoxy) is 1. The lowest BCUT2D eigenvalue weighted by Crippen LogP contribution is -2.21. The largest absolute Gasteiger partial charge is 0.456 e. The van der Waals surface area contributed by atoms with E-state index in [0.717, 1.165) is 32.2 Å². The van der Waals surface area contributed by atoms with Crippen molar-refractivity contribution in [1.29, 1.82) is 0 Å². The first-order chi connectivity index (χ1) is 15.6. The van der Waals surface area contributed by atoms with Gasteiger partial charge in [-0.1, -0.05) is 30.6 Å². The Morgan fingerprint density at radius 2 is 1.75 bits per heavy atom. The fourth-order valence-corrected chi connectivity index (χ4v) is 4.89. The summed E-state index contributed by atoms with van der Waals surface area (Å²) < 4.78 is 7.23. The van der Waals surface area contributed by atoms with Gasteiger partial charge in [0.25, 0.3) is 0 Å². The summed E-state index contributed by atoms with van der Waals surface area (Å²) in [6, 6.07) is 8.51. The van der Waals surface area contributed by atoms with E-state index in [1.165, 1.54) is 32.1 Å². The molecular weight excluding hydrogens is 420 g/mol. The third-order valence-electron chi connectivity index (χ3n) is 5.61. The van der Waals surface area contributed by atoms with Crippen LogP contribution in [0.5, 0.6) is 11.5 Å². The van der Waals surface area contributed by atoms with Gasteiger partial charge in [-0.2, -0.15) is 0 Å². The van der Waals surface area contributed by atoms with Crippen LogP contribution in [0.25, 0.3) is 21.3 Å². The van der Waals surface area contributed by atoms with Crippen molar-refractivity contribution in [2.75, 3.05) is 24.3 Å². The predicted molar refractivity (Wildman–Crippen MR) is 130 cm³/mol. The number of pyridine rings is 1. The van der Waals surface area contributed by atoms with Crippen molar-refractivity contribution >= 4 is 32.6 Å². The number of benzene rings is 1. The van der Waals surface area contributed by atoms with Crippen LogP contribution in [0.3, 0.4) is 0 Å². The lowest BCUT2D eigenvalue weighted by molar-refractivity contribution is 0.462. The van der Waals surface area contributed by atoms with Crippen molar-refractivity contribution in [1.82, 2.24) is 19.9 Å². The molecule has 0 saturated heterocycles. The second-order valence-electron chi connectivity index (χ2n) is 8.31. The fraction of sp³-hybridized carbons (Fsp3) is 0.333. The van der Waals surface area contributed by atoms with Crippen LogP contribution in [0.1, 0.15) is 32.1 Å². The molecule has 1 aromatic carbocycles. The Hall–Kier alpha value is -3.26. The van der Waals surface area contributed by atoms with Gasteiger partial charge in [0.05, 0.1) is 16.4 Å². The van der Waals surface area contributed by atoms with Crippen molar-refractivity contribution in [3.63, 3.8) is 0 Å². The molecule has 1 fully saturated rings. The van der Waals surface area contributed by atoms with Crippen molar-refractivity contribution in [3.05, 3.63) is 49.1 Å². The van der Waals surface area contributed by atoms with Crippen molar-refractivity contribution < 1.29 is 4.74 Å². The molecule has 5 rings (SSSR count). The highest BCUT2D eigenvalue weighted by molar-refractivity contribution is 7.22. The summed E-state index contributed by atoms with van der Waals surface area (Å²) in [5.74, 6) is 2.11. The van der Waals surface area contributed by atoms with Crippen molar-refractivity contribution in [2.24, 2.45) is 0 Å². The van der Waals surface area contributed by atoms with Crippen LogP contribution >= 0.6 is 11.3 Å². The molecule has 0 amide bonds. The minimum Gasteiger partial charge on any atom is -0.456 e. The van der Waals surface area contributed by atoms with Crippen molar-refractivity contribution in [2.45, 2.75) is 38.1 Å². The summed E-state index contributed by atoms with van der Waals surface area (Å²) in [6.07, 6.45) is 13.5. The molecule has 0 radical (unpaired) electrons. The van der Waals surface area contributed by atoms with Gasteiger partial charge >= 0.3 is 0 Å². The molecule has 1 N–H and O–H groups in total. The maximum Gasteiger partial charge on any atom is 0.224 e. The Morgan fingerprint density at radius 3 is 2.53 bits per heavy atom. The summed E-state index contributed by atoms with van der Waals surface area (Å²) in [4.78, 5) is 19.7. The molecule has 0 atom stereocenters. The number of nitrogens with zero attached hydrogens (tertiary/aromatic N) is 5. The molecule has 3 heterocycles. The number of thiazole rings is 1. The van der Waals surface area contributed by atoms with E-state index in [-0.39, 0.29) is 0 Å². The molecular formula is C24H26N6OS. The normalized spacial score (nSPS) is 14.4. The summed E-state index contributed by atoms with van der Waals surface area (Å²) in [7, 11) is 3.83. The molecule has 1 saturated carbocycles. The monoisotopic (exact) mass is 446 g/mol. The Balaban J connectivity index is 1.32. The van der Waals surface area contributed by atoms with Crippen LogP contribution in [0.2, 0.25) is 0 Å². The van der Waals surface area contributed by atoms with E-state index in [4.69, 9.17) is 9.72 Å². The highest BCUT2D eigenvalue weighted by Crippen LogP contribution is 2.33. The van der Waals surface area contributed by atoms with Crippen LogP contribution in [-0.4, -0.2) is 40.1 Å². The van der Waals surface area contributed by atoms with Crippen LogP contribution in [0.15, 0.2) is 49.1 Å². The van der Waals surface area contributed by atoms with Crippen LogP contribution in [-0.2, 0) is 0 Å². The lowest BCUT2D eigenvalue weighted by Gasteiger charge is -2.22. The third kappa shape index (κ3) is 4.65. The van der Waals surface area contributed by atoms with Crippen LogP contribution < -0.4 is 15.0 Å². The zero-order valence-electron chi connectivity index (χ0n) is 18.3. The van der Waals surface area contributed by atoms with Gasteiger partial charge in [-0.15, -0.1) is 0 Å². The summed E-state index contributed by atoms with van der Waals surface area (Å²) in [5.41, 5.74) is 2.79. The molecule has 3 aromatic heterocycles. The number of nitrogens with one attached hydrogen (secondary N) is 1. The van der Waals surface area contributed by atoms with Crippen molar-refractivity contribution in [3.8, 4) is 22.6 Å². The molecule has 0 unspecified atom stereocenters. The third-order valence-corrected chi connectivity index (χ3v) is 6.56. The molecule has 0 spiro atoms. The van der Waals surface area contributed by atoms with Gasteiger partial charge in [-0.3, -0.25) is 4.98 Å². The minimum absolute atomic E-state index is 0.546. The van der Waals surface area contributed by atoms with Crippen LogP contribution in [0, 0.1) is 0 Å². The van der Waals surface area contributed by atoms with Gasteiger partial charge in [0.1, 0.15) is 11.5 Å². The molecule has 0 aliphatic heterocycles. The first-order valence-electron chi connectivity index (χ1n) is 10.9. The smallest absolute Gasteiger partial charge is 0.224 e. The Labute approximate surface area is 191 Å². The highest BCUT2D eigenvalue weighted by Gasteiger charge is 2.15. The quantitative estimate of drug-likeness (QED) is 0.404.